The zero-order valence-corrected chi connectivity index (χ0v) is 8.13. The van der Waals surface area contributed by atoms with Gasteiger partial charge in [0.1, 0.15) is 12.2 Å². The van der Waals surface area contributed by atoms with Gasteiger partial charge in [0.05, 0.1) is 0 Å². The quantitative estimate of drug-likeness (QED) is 0.634. The lowest BCUT2D eigenvalue weighted by Gasteiger charge is -2.15. The molecule has 8 heteroatoms. The predicted octanol–water partition coefficient (Wildman–Crippen LogP) is 0.0700. The molecule has 0 aliphatic rings. The Hall–Kier alpha value is 0.140. The molecule has 0 bridgehead atoms. The van der Waals surface area contributed by atoms with E-state index in [0.717, 1.165) is 0 Å². The summed E-state index contributed by atoms with van der Waals surface area (Å²) in [6, 6.07) is 0. The molecule has 0 rings (SSSR count). The normalized spacial score (nSPS) is 21.3. The van der Waals surface area contributed by atoms with Gasteiger partial charge < -0.3 is 0 Å². The van der Waals surface area contributed by atoms with Gasteiger partial charge in [-0.15, -0.1) is 0 Å². The maximum Gasteiger partial charge on any atom is 0.302 e. The molecule has 4 unspecified atom stereocenters. The van der Waals surface area contributed by atoms with Gasteiger partial charge in [0.15, 0.2) is 0 Å². The van der Waals surface area contributed by atoms with Crippen molar-refractivity contribution >= 4 is 22.7 Å². The van der Waals surface area contributed by atoms with Crippen LogP contribution in [0.3, 0.4) is 0 Å². The highest BCUT2D eigenvalue weighted by Crippen LogP contribution is 2.05. The Kier molecular flexibility index (Phi) is 5.80. The molecule has 0 spiro atoms. The fraction of sp³-hybridized carbons (Fsp3) is 1.00. The van der Waals surface area contributed by atoms with E-state index in [1.54, 1.807) is 0 Å². The summed E-state index contributed by atoms with van der Waals surface area (Å²) in [4.78, 5) is 0. The molecule has 0 aliphatic carbocycles. The van der Waals surface area contributed by atoms with Gasteiger partial charge in [0, 0.05) is 0 Å². The third-order valence-corrected chi connectivity index (χ3v) is 2.07. The van der Waals surface area contributed by atoms with E-state index < -0.39 is 34.9 Å². The van der Waals surface area contributed by atoms with E-state index in [4.69, 9.17) is 9.11 Å². The molecule has 0 saturated carbocycles. The van der Waals surface area contributed by atoms with Crippen LogP contribution in [0.25, 0.3) is 0 Å². The second-order valence-corrected chi connectivity index (χ2v) is 3.29. The van der Waals surface area contributed by atoms with Crippen LogP contribution in [-0.4, -0.2) is 29.7 Å². The van der Waals surface area contributed by atoms with Gasteiger partial charge in [0.2, 0.25) is 0 Å². The first-order valence-corrected chi connectivity index (χ1v) is 5.05. The van der Waals surface area contributed by atoms with Crippen molar-refractivity contribution in [3.8, 4) is 0 Å². The van der Waals surface area contributed by atoms with Crippen LogP contribution >= 0.6 is 0 Å². The summed E-state index contributed by atoms with van der Waals surface area (Å²) < 4.78 is 45.5. The topological polar surface area (TPSA) is 93.1 Å². The van der Waals surface area contributed by atoms with E-state index in [1.165, 1.54) is 13.8 Å². The summed E-state index contributed by atoms with van der Waals surface area (Å²) in [7, 11) is 0. The van der Waals surface area contributed by atoms with Crippen LogP contribution in [0.4, 0.5) is 0 Å². The number of hydrogen-bond acceptors (Lipinski definition) is 4. The molecule has 0 amide bonds. The minimum absolute atomic E-state index is 0.730. The number of hydrogen-bond donors (Lipinski definition) is 2. The second-order valence-electron chi connectivity index (χ2n) is 2.04. The van der Waals surface area contributed by atoms with Crippen LogP contribution < -0.4 is 0 Å². The average Bonchev–Trinajstić information content (AvgIpc) is 1.84. The first-order chi connectivity index (χ1) is 5.43. The van der Waals surface area contributed by atoms with E-state index >= 15 is 0 Å². The van der Waals surface area contributed by atoms with Gasteiger partial charge in [-0.2, -0.15) is 8.42 Å². The van der Waals surface area contributed by atoms with Gasteiger partial charge in [-0.3, -0.25) is 17.5 Å². The summed E-state index contributed by atoms with van der Waals surface area (Å²) in [5, 5.41) is 0. The first kappa shape index (κ1) is 12.1. The third-order valence-electron chi connectivity index (χ3n) is 1.13. The zero-order valence-electron chi connectivity index (χ0n) is 6.50. The van der Waals surface area contributed by atoms with Gasteiger partial charge in [-0.25, -0.2) is 0 Å². The van der Waals surface area contributed by atoms with Gasteiger partial charge >= 0.3 is 22.7 Å². The first-order valence-electron chi connectivity index (χ1n) is 2.99. The van der Waals surface area contributed by atoms with E-state index in [9.17, 15) is 8.42 Å². The summed E-state index contributed by atoms with van der Waals surface area (Å²) >= 11 is -4.78. The van der Waals surface area contributed by atoms with Crippen molar-refractivity contribution in [2.45, 2.75) is 26.1 Å². The number of rotatable bonds is 5. The molecule has 0 saturated heterocycles. The minimum atomic E-state index is -2.39. The molecule has 74 valence electrons. The second kappa shape index (κ2) is 5.73. The Balaban J connectivity index is 3.83. The molecule has 4 atom stereocenters. The van der Waals surface area contributed by atoms with Crippen molar-refractivity contribution in [1.29, 1.82) is 0 Å². The van der Waals surface area contributed by atoms with Crippen molar-refractivity contribution in [3.05, 3.63) is 0 Å². The fourth-order valence-electron chi connectivity index (χ4n) is 0.416. The fourth-order valence-corrected chi connectivity index (χ4v) is 1.25. The van der Waals surface area contributed by atoms with Crippen LogP contribution in [0.5, 0.6) is 0 Å². The molecule has 0 aromatic rings. The Morgan fingerprint density at radius 1 is 1.00 bits per heavy atom. The van der Waals surface area contributed by atoms with Crippen molar-refractivity contribution in [2.24, 2.45) is 0 Å². The van der Waals surface area contributed by atoms with E-state index in [0.29, 0.717) is 0 Å². The maximum absolute atomic E-state index is 10.1. The highest BCUT2D eigenvalue weighted by molar-refractivity contribution is 7.74. The lowest BCUT2D eigenvalue weighted by Crippen LogP contribution is -2.27. The largest absolute Gasteiger partial charge is 0.302 e. The van der Waals surface area contributed by atoms with Crippen LogP contribution in [0, 0.1) is 0 Å². The van der Waals surface area contributed by atoms with Gasteiger partial charge in [0.25, 0.3) is 0 Å². The van der Waals surface area contributed by atoms with Crippen molar-refractivity contribution < 1.29 is 25.9 Å². The summed E-state index contributed by atoms with van der Waals surface area (Å²) in [6.07, 6.45) is -1.46. The zero-order chi connectivity index (χ0) is 9.72. The molecule has 12 heavy (non-hydrogen) atoms. The van der Waals surface area contributed by atoms with Crippen LogP contribution in [0.1, 0.15) is 13.8 Å². The van der Waals surface area contributed by atoms with E-state index in [-0.39, 0.29) is 0 Å². The summed E-state index contributed by atoms with van der Waals surface area (Å²) in [5.74, 6) is 0. The van der Waals surface area contributed by atoms with Crippen molar-refractivity contribution in [3.63, 3.8) is 0 Å². The van der Waals surface area contributed by atoms with Crippen LogP contribution in [-0.2, 0) is 31.1 Å². The average molecular weight is 218 g/mol. The molecule has 0 aromatic carbocycles. The molecular formula is C4H10O6S2. The Morgan fingerprint density at radius 2 is 1.25 bits per heavy atom. The highest BCUT2D eigenvalue weighted by atomic mass is 32.2. The van der Waals surface area contributed by atoms with E-state index in [1.807, 2.05) is 0 Å². The lowest BCUT2D eigenvalue weighted by molar-refractivity contribution is 0.0839. The third kappa shape index (κ3) is 5.75. The smallest absolute Gasteiger partial charge is 0.284 e. The molecule has 0 fully saturated rings. The summed E-state index contributed by atoms with van der Waals surface area (Å²) in [6.45, 7) is 2.90. The van der Waals surface area contributed by atoms with Crippen LogP contribution in [0.2, 0.25) is 0 Å². The Labute approximate surface area is 75.2 Å². The molecule has 0 aromatic heterocycles. The molecule has 6 nitrogen and oxygen atoms in total. The maximum atomic E-state index is 10.1. The molecule has 0 radical (unpaired) electrons. The SMILES string of the molecule is CC(OS(=O)O)C(C)OS(=O)O. The lowest BCUT2D eigenvalue weighted by atomic mass is 10.3. The monoisotopic (exact) mass is 218 g/mol. The van der Waals surface area contributed by atoms with Gasteiger partial charge in [-0.05, 0) is 13.8 Å². The van der Waals surface area contributed by atoms with Crippen LogP contribution in [0.15, 0.2) is 0 Å². The standard InChI is InChI=1S/C4H10O6S2/c1-3(9-11(5)6)4(2)10-12(7)8/h3-4H,1-2H3,(H,5,6)(H,7,8). The van der Waals surface area contributed by atoms with E-state index in [2.05, 4.69) is 8.37 Å². The molecule has 2 N–H and O–H groups in total. The van der Waals surface area contributed by atoms with Crippen molar-refractivity contribution in [1.82, 2.24) is 0 Å². The highest BCUT2D eigenvalue weighted by Gasteiger charge is 2.17. The Morgan fingerprint density at radius 3 is 1.42 bits per heavy atom. The molecule has 0 aliphatic heterocycles. The summed E-state index contributed by atoms with van der Waals surface area (Å²) in [5.41, 5.74) is 0. The molecule has 0 heterocycles. The predicted molar refractivity (Wildman–Crippen MR) is 42.6 cm³/mol. The van der Waals surface area contributed by atoms with Gasteiger partial charge in [-0.1, -0.05) is 0 Å². The minimum Gasteiger partial charge on any atom is -0.284 e. The molecular weight excluding hydrogens is 208 g/mol. The Bertz CT molecular complexity index is 162. The van der Waals surface area contributed by atoms with Crippen molar-refractivity contribution in [2.75, 3.05) is 0 Å².